The van der Waals surface area contributed by atoms with Crippen molar-refractivity contribution in [2.75, 3.05) is 6.61 Å². The average molecular weight is 911 g/mol. The molecule has 0 aliphatic carbocycles. The Morgan fingerprint density at radius 3 is 0.985 bits per heavy atom. The number of aliphatic hydroxyl groups excluding tert-OH is 2. The zero-order valence-electron chi connectivity index (χ0n) is 44.0. The first kappa shape index (κ1) is 63.4. The molecular formula is C61H115NO3. The molecule has 0 aromatic rings. The van der Waals surface area contributed by atoms with Gasteiger partial charge in [-0.05, 0) is 64.2 Å². The molecule has 0 saturated carbocycles. The highest BCUT2D eigenvalue weighted by Crippen LogP contribution is 2.17. The number of carbonyl (C=O) groups excluding carboxylic acids is 1. The molecule has 65 heavy (non-hydrogen) atoms. The molecule has 0 radical (unpaired) electrons. The molecule has 3 N–H and O–H groups in total. The molecule has 0 fully saturated rings. The van der Waals surface area contributed by atoms with E-state index in [-0.39, 0.29) is 12.5 Å². The highest BCUT2D eigenvalue weighted by Gasteiger charge is 2.18. The van der Waals surface area contributed by atoms with E-state index in [2.05, 4.69) is 55.6 Å². The van der Waals surface area contributed by atoms with Crippen molar-refractivity contribution in [1.29, 1.82) is 0 Å². The monoisotopic (exact) mass is 910 g/mol. The third-order valence-corrected chi connectivity index (χ3v) is 13.5. The standard InChI is InChI=1S/C61H115NO3/c1-3-5-7-9-11-13-15-17-19-20-21-22-23-24-25-26-27-28-29-30-31-32-33-34-35-36-37-38-39-40-41-42-43-45-47-49-51-53-55-57-61(65)62-59(58-63)60(64)56-54-52-50-48-46-44-18-16-14-12-10-8-6-4-2/h27-28,30-31,46,48,54,56,59-60,63-64H,3-26,29,32-45,47,49-53,55,57-58H2,1-2H3,(H,62,65)/b28-27-,31-30-,48-46+,56-54+. The summed E-state index contributed by atoms with van der Waals surface area (Å²) < 4.78 is 0. The van der Waals surface area contributed by atoms with Crippen LogP contribution in [0.25, 0.3) is 0 Å². The van der Waals surface area contributed by atoms with Gasteiger partial charge in [-0.25, -0.2) is 0 Å². The van der Waals surface area contributed by atoms with Crippen LogP contribution in [0.5, 0.6) is 0 Å². The van der Waals surface area contributed by atoms with Crippen LogP contribution in [0.4, 0.5) is 0 Å². The van der Waals surface area contributed by atoms with Crippen LogP contribution in [-0.4, -0.2) is 34.9 Å². The number of aliphatic hydroxyl groups is 2. The molecule has 0 aromatic carbocycles. The van der Waals surface area contributed by atoms with E-state index in [9.17, 15) is 15.0 Å². The van der Waals surface area contributed by atoms with Gasteiger partial charge in [-0.15, -0.1) is 0 Å². The molecule has 0 aliphatic heterocycles. The summed E-state index contributed by atoms with van der Waals surface area (Å²) in [5.74, 6) is -0.0715. The molecule has 2 atom stereocenters. The second kappa shape index (κ2) is 56.7. The van der Waals surface area contributed by atoms with Crippen LogP contribution < -0.4 is 5.32 Å². The maximum Gasteiger partial charge on any atom is 0.220 e. The van der Waals surface area contributed by atoms with Crippen molar-refractivity contribution >= 4 is 5.91 Å². The predicted octanol–water partition coefficient (Wildman–Crippen LogP) is 19.4. The molecular weight excluding hydrogens is 795 g/mol. The van der Waals surface area contributed by atoms with Gasteiger partial charge in [0, 0.05) is 6.42 Å². The van der Waals surface area contributed by atoms with E-state index in [0.717, 1.165) is 38.5 Å². The normalized spacial score (nSPS) is 13.1. The summed E-state index contributed by atoms with van der Waals surface area (Å²) in [6.45, 7) is 4.31. The quantitative estimate of drug-likeness (QED) is 0.0421. The number of rotatable bonds is 54. The van der Waals surface area contributed by atoms with E-state index in [1.54, 1.807) is 6.08 Å². The number of carbonyl (C=O) groups is 1. The molecule has 0 heterocycles. The van der Waals surface area contributed by atoms with E-state index >= 15 is 0 Å². The summed E-state index contributed by atoms with van der Waals surface area (Å²) in [5.41, 5.74) is 0. The predicted molar refractivity (Wildman–Crippen MR) is 290 cm³/mol. The molecule has 382 valence electrons. The Morgan fingerprint density at radius 1 is 0.369 bits per heavy atom. The van der Waals surface area contributed by atoms with Crippen LogP contribution in [0.15, 0.2) is 48.6 Å². The summed E-state index contributed by atoms with van der Waals surface area (Å²) in [4.78, 5) is 12.4. The average Bonchev–Trinajstić information content (AvgIpc) is 3.31. The fourth-order valence-corrected chi connectivity index (χ4v) is 9.05. The lowest BCUT2D eigenvalue weighted by Crippen LogP contribution is -2.45. The topological polar surface area (TPSA) is 69.6 Å². The molecule has 2 unspecified atom stereocenters. The van der Waals surface area contributed by atoms with Crippen LogP contribution in [0.3, 0.4) is 0 Å². The smallest absolute Gasteiger partial charge is 0.220 e. The lowest BCUT2D eigenvalue weighted by molar-refractivity contribution is -0.123. The largest absolute Gasteiger partial charge is 0.394 e. The SMILES string of the molecule is CCCCCCCCCC/C=C/CC/C=C/C(O)C(CO)NC(=O)CCCCCCCCCCCCCCCCCCC/C=C\C/C=C\CCCCCCCCCCCCCCCCC. The van der Waals surface area contributed by atoms with Gasteiger partial charge < -0.3 is 15.5 Å². The van der Waals surface area contributed by atoms with E-state index in [0.29, 0.717) is 6.42 Å². The van der Waals surface area contributed by atoms with Gasteiger partial charge in [0.25, 0.3) is 0 Å². The van der Waals surface area contributed by atoms with Crippen LogP contribution in [0, 0.1) is 0 Å². The Kier molecular flexibility index (Phi) is 55.2. The lowest BCUT2D eigenvalue weighted by Gasteiger charge is -2.19. The van der Waals surface area contributed by atoms with Crippen molar-refractivity contribution in [1.82, 2.24) is 5.32 Å². The summed E-state index contributed by atoms with van der Waals surface area (Å²) in [6.07, 6.45) is 78.7. The fraction of sp³-hybridized carbons (Fsp3) is 0.852. The number of nitrogens with one attached hydrogen (secondary N) is 1. The van der Waals surface area contributed by atoms with Crippen molar-refractivity contribution in [2.24, 2.45) is 0 Å². The van der Waals surface area contributed by atoms with Crippen molar-refractivity contribution in [3.05, 3.63) is 48.6 Å². The van der Waals surface area contributed by atoms with Crippen molar-refractivity contribution in [3.8, 4) is 0 Å². The number of hydrogen-bond donors (Lipinski definition) is 3. The Morgan fingerprint density at radius 2 is 0.646 bits per heavy atom. The lowest BCUT2D eigenvalue weighted by atomic mass is 10.0. The van der Waals surface area contributed by atoms with Crippen molar-refractivity contribution < 1.29 is 15.0 Å². The van der Waals surface area contributed by atoms with E-state index in [4.69, 9.17) is 0 Å². The number of hydrogen-bond acceptors (Lipinski definition) is 3. The maximum atomic E-state index is 12.4. The van der Waals surface area contributed by atoms with Gasteiger partial charge >= 0.3 is 0 Å². The second-order valence-corrected chi connectivity index (χ2v) is 20.1. The summed E-state index contributed by atoms with van der Waals surface area (Å²) in [6, 6.07) is -0.638. The Hall–Kier alpha value is -1.65. The van der Waals surface area contributed by atoms with Crippen LogP contribution >= 0.6 is 0 Å². The van der Waals surface area contributed by atoms with E-state index < -0.39 is 12.1 Å². The molecule has 0 aliphatic rings. The number of unbranched alkanes of at least 4 members (excludes halogenated alkanes) is 41. The molecule has 0 saturated heterocycles. The van der Waals surface area contributed by atoms with Crippen LogP contribution in [0.1, 0.15) is 316 Å². The minimum absolute atomic E-state index is 0.0715. The van der Waals surface area contributed by atoms with E-state index in [1.165, 1.54) is 257 Å². The Bertz CT molecular complexity index is 1030. The van der Waals surface area contributed by atoms with Gasteiger partial charge in [0.2, 0.25) is 5.91 Å². The molecule has 0 rings (SSSR count). The van der Waals surface area contributed by atoms with Gasteiger partial charge in [0.05, 0.1) is 18.8 Å². The highest BCUT2D eigenvalue weighted by molar-refractivity contribution is 5.76. The summed E-state index contributed by atoms with van der Waals surface area (Å²) in [5, 5.41) is 23.1. The van der Waals surface area contributed by atoms with Gasteiger partial charge in [0.15, 0.2) is 0 Å². The van der Waals surface area contributed by atoms with Crippen molar-refractivity contribution in [3.63, 3.8) is 0 Å². The zero-order valence-corrected chi connectivity index (χ0v) is 44.0. The fourth-order valence-electron chi connectivity index (χ4n) is 9.05. The first-order chi connectivity index (χ1) is 32.2. The summed E-state index contributed by atoms with van der Waals surface area (Å²) in [7, 11) is 0. The molecule has 0 spiro atoms. The Balaban J connectivity index is 3.43. The Labute approximate surface area is 407 Å². The number of allylic oxidation sites excluding steroid dienone is 7. The third kappa shape index (κ3) is 53.2. The van der Waals surface area contributed by atoms with Gasteiger partial charge in [-0.3, -0.25) is 4.79 Å². The maximum absolute atomic E-state index is 12.4. The zero-order chi connectivity index (χ0) is 47.0. The molecule has 4 heteroatoms. The second-order valence-electron chi connectivity index (χ2n) is 20.1. The van der Waals surface area contributed by atoms with Gasteiger partial charge in [-0.1, -0.05) is 294 Å². The van der Waals surface area contributed by atoms with Crippen LogP contribution in [-0.2, 0) is 4.79 Å². The number of amides is 1. The first-order valence-corrected chi connectivity index (χ1v) is 29.4. The van der Waals surface area contributed by atoms with Gasteiger partial charge in [0.1, 0.15) is 0 Å². The van der Waals surface area contributed by atoms with Gasteiger partial charge in [-0.2, -0.15) is 0 Å². The highest BCUT2D eigenvalue weighted by atomic mass is 16.3. The molecule has 0 aromatic heterocycles. The molecule has 1 amide bonds. The third-order valence-electron chi connectivity index (χ3n) is 13.5. The first-order valence-electron chi connectivity index (χ1n) is 29.4. The molecule has 0 bridgehead atoms. The van der Waals surface area contributed by atoms with Crippen LogP contribution in [0.2, 0.25) is 0 Å². The minimum Gasteiger partial charge on any atom is -0.394 e. The minimum atomic E-state index is -0.861. The van der Waals surface area contributed by atoms with Crippen molar-refractivity contribution in [2.45, 2.75) is 328 Å². The van der Waals surface area contributed by atoms with E-state index in [1.807, 2.05) is 6.08 Å². The summed E-state index contributed by atoms with van der Waals surface area (Å²) >= 11 is 0. The molecule has 4 nitrogen and oxygen atoms in total.